The van der Waals surface area contributed by atoms with Gasteiger partial charge < -0.3 is 9.55 Å². The Morgan fingerprint density at radius 1 is 1.19 bits per heavy atom. The summed E-state index contributed by atoms with van der Waals surface area (Å²) in [5.41, 5.74) is 3.68. The number of nitrogens with one attached hydrogen (secondary N) is 1. The quantitative estimate of drug-likeness (QED) is 0.548. The summed E-state index contributed by atoms with van der Waals surface area (Å²) in [5.74, 6) is 0.544. The number of likely N-dealkylation sites (tertiary alicyclic amines) is 1. The second-order valence-corrected chi connectivity index (χ2v) is 8.26. The summed E-state index contributed by atoms with van der Waals surface area (Å²) in [6.45, 7) is 2.54. The third-order valence-electron chi connectivity index (χ3n) is 6.07. The van der Waals surface area contributed by atoms with E-state index in [-0.39, 0.29) is 17.3 Å². The van der Waals surface area contributed by atoms with Gasteiger partial charge in [0.1, 0.15) is 11.6 Å². The monoisotopic (exact) mass is 417 g/mol. The number of aromatic amines is 1. The second-order valence-electron chi connectivity index (χ2n) is 8.26. The van der Waals surface area contributed by atoms with Crippen molar-refractivity contribution in [3.05, 3.63) is 82.4 Å². The zero-order chi connectivity index (χ0) is 21.4. The van der Waals surface area contributed by atoms with Crippen LogP contribution in [0.1, 0.15) is 30.0 Å². The Bertz CT molecular complexity index is 1280. The number of aromatic nitrogens is 4. The molecule has 7 heteroatoms. The van der Waals surface area contributed by atoms with Gasteiger partial charge in [-0.1, -0.05) is 0 Å². The van der Waals surface area contributed by atoms with E-state index in [1.54, 1.807) is 24.5 Å². The van der Waals surface area contributed by atoms with E-state index in [2.05, 4.69) is 21.1 Å². The first-order valence-corrected chi connectivity index (χ1v) is 10.5. The summed E-state index contributed by atoms with van der Waals surface area (Å²) < 4.78 is 15.9. The Hall–Kier alpha value is -3.32. The number of hydrogen-bond donors (Lipinski definition) is 1. The predicted octanol–water partition coefficient (Wildman–Crippen LogP) is 3.84. The Kier molecular flexibility index (Phi) is 5.11. The summed E-state index contributed by atoms with van der Waals surface area (Å²) in [6.07, 6.45) is 7.49. The molecule has 1 fully saturated rings. The van der Waals surface area contributed by atoms with Crippen molar-refractivity contribution in [1.29, 1.82) is 0 Å². The standard InChI is InChI=1S/C24H24FN5O/c1-29-13-18(20-11-19(25)4-5-22(20)29)15-30-10-2-3-17(14-30)21-12-23(31)28-24(27-21)16-6-8-26-9-7-16/h4-9,11-13,17H,2-3,10,14-15H2,1H3,(H,27,28,31). The first-order chi connectivity index (χ1) is 15.1. The number of benzene rings is 1. The molecular weight excluding hydrogens is 393 g/mol. The van der Waals surface area contributed by atoms with Gasteiger partial charge in [0.25, 0.3) is 5.56 Å². The van der Waals surface area contributed by atoms with Crippen molar-refractivity contribution in [1.82, 2.24) is 24.4 Å². The van der Waals surface area contributed by atoms with E-state index in [4.69, 9.17) is 4.98 Å². The Morgan fingerprint density at radius 2 is 2.03 bits per heavy atom. The van der Waals surface area contributed by atoms with Crippen LogP contribution < -0.4 is 5.56 Å². The average molecular weight is 417 g/mol. The first-order valence-electron chi connectivity index (χ1n) is 10.5. The average Bonchev–Trinajstić information content (AvgIpc) is 3.08. The second kappa shape index (κ2) is 8.07. The van der Waals surface area contributed by atoms with Crippen molar-refractivity contribution in [3.63, 3.8) is 0 Å². The maximum Gasteiger partial charge on any atom is 0.251 e. The SMILES string of the molecule is Cn1cc(CN2CCCC(c3cc(=O)[nH]c(-c4ccncc4)n3)C2)c2cc(F)ccc21. The molecule has 1 aromatic carbocycles. The Labute approximate surface area is 179 Å². The number of pyridine rings is 1. The smallest absolute Gasteiger partial charge is 0.251 e. The van der Waals surface area contributed by atoms with Gasteiger partial charge in [-0.3, -0.25) is 14.7 Å². The molecule has 1 atom stereocenters. The molecule has 1 N–H and O–H groups in total. The molecule has 6 nitrogen and oxygen atoms in total. The van der Waals surface area contributed by atoms with Gasteiger partial charge in [-0.2, -0.15) is 0 Å². The topological polar surface area (TPSA) is 66.8 Å². The molecule has 4 heterocycles. The molecule has 0 amide bonds. The van der Waals surface area contributed by atoms with Crippen molar-refractivity contribution >= 4 is 10.9 Å². The minimum atomic E-state index is -0.215. The maximum absolute atomic E-state index is 13.8. The molecule has 0 radical (unpaired) electrons. The number of hydrogen-bond acceptors (Lipinski definition) is 4. The maximum atomic E-state index is 13.8. The minimum Gasteiger partial charge on any atom is -0.350 e. The largest absolute Gasteiger partial charge is 0.350 e. The van der Waals surface area contributed by atoms with Crippen LogP contribution in [-0.4, -0.2) is 37.5 Å². The van der Waals surface area contributed by atoms with Gasteiger partial charge in [-0.15, -0.1) is 0 Å². The lowest BCUT2D eigenvalue weighted by Crippen LogP contribution is -2.34. The van der Waals surface area contributed by atoms with Gasteiger partial charge in [0, 0.05) is 67.2 Å². The van der Waals surface area contributed by atoms with Gasteiger partial charge in [0.2, 0.25) is 0 Å². The molecule has 0 spiro atoms. The number of aryl methyl sites for hydroxylation is 1. The molecular formula is C24H24FN5O. The highest BCUT2D eigenvalue weighted by atomic mass is 19.1. The Morgan fingerprint density at radius 3 is 2.87 bits per heavy atom. The van der Waals surface area contributed by atoms with E-state index in [0.29, 0.717) is 5.82 Å². The molecule has 1 unspecified atom stereocenters. The first kappa shape index (κ1) is 19.6. The molecule has 5 rings (SSSR count). The zero-order valence-corrected chi connectivity index (χ0v) is 17.4. The number of H-pyrrole nitrogens is 1. The molecule has 158 valence electrons. The van der Waals surface area contributed by atoms with Crippen LogP contribution >= 0.6 is 0 Å². The van der Waals surface area contributed by atoms with E-state index in [9.17, 15) is 9.18 Å². The van der Waals surface area contributed by atoms with Crippen molar-refractivity contribution in [3.8, 4) is 11.4 Å². The van der Waals surface area contributed by atoms with Gasteiger partial charge in [0.05, 0.1) is 5.69 Å². The number of piperidine rings is 1. The van der Waals surface area contributed by atoms with Crippen LogP contribution in [0.15, 0.2) is 59.8 Å². The minimum absolute atomic E-state index is 0.140. The van der Waals surface area contributed by atoms with Gasteiger partial charge in [0.15, 0.2) is 0 Å². The van der Waals surface area contributed by atoms with Gasteiger partial charge >= 0.3 is 0 Å². The number of halogens is 1. The highest BCUT2D eigenvalue weighted by Crippen LogP contribution is 2.29. The fraction of sp³-hybridized carbons (Fsp3) is 0.292. The summed E-state index contributed by atoms with van der Waals surface area (Å²) >= 11 is 0. The lowest BCUT2D eigenvalue weighted by atomic mass is 9.94. The van der Waals surface area contributed by atoms with Crippen LogP contribution in [-0.2, 0) is 13.6 Å². The summed E-state index contributed by atoms with van der Waals surface area (Å²) in [7, 11) is 1.99. The zero-order valence-electron chi connectivity index (χ0n) is 17.4. The summed E-state index contributed by atoms with van der Waals surface area (Å²) in [6, 6.07) is 10.2. The summed E-state index contributed by atoms with van der Waals surface area (Å²) in [4.78, 5) is 26.3. The number of nitrogens with zero attached hydrogens (tertiary/aromatic N) is 4. The highest BCUT2D eigenvalue weighted by Gasteiger charge is 2.24. The molecule has 0 aliphatic carbocycles. The third kappa shape index (κ3) is 4.01. The van der Waals surface area contributed by atoms with Crippen molar-refractivity contribution in [2.24, 2.45) is 7.05 Å². The normalized spacial score (nSPS) is 17.3. The van der Waals surface area contributed by atoms with Crippen molar-refractivity contribution in [2.75, 3.05) is 13.1 Å². The van der Waals surface area contributed by atoms with Crippen LogP contribution in [0.3, 0.4) is 0 Å². The molecule has 1 aliphatic heterocycles. The van der Waals surface area contributed by atoms with E-state index >= 15 is 0 Å². The van der Waals surface area contributed by atoms with Gasteiger partial charge in [-0.25, -0.2) is 9.37 Å². The molecule has 0 saturated carbocycles. The lowest BCUT2D eigenvalue weighted by Gasteiger charge is -2.32. The Balaban J connectivity index is 1.40. The van der Waals surface area contributed by atoms with Crippen LogP contribution in [0.25, 0.3) is 22.3 Å². The van der Waals surface area contributed by atoms with Crippen molar-refractivity contribution in [2.45, 2.75) is 25.3 Å². The molecule has 1 aliphatic rings. The van der Waals surface area contributed by atoms with E-state index in [1.807, 2.05) is 29.8 Å². The molecule has 4 aromatic rings. The third-order valence-corrected chi connectivity index (χ3v) is 6.07. The van der Waals surface area contributed by atoms with Crippen LogP contribution in [0, 0.1) is 5.82 Å². The number of rotatable bonds is 4. The fourth-order valence-corrected chi connectivity index (χ4v) is 4.59. The number of fused-ring (bicyclic) bond motifs is 1. The van der Waals surface area contributed by atoms with E-state index in [1.165, 1.54) is 6.07 Å². The van der Waals surface area contributed by atoms with Crippen LogP contribution in [0.5, 0.6) is 0 Å². The van der Waals surface area contributed by atoms with E-state index < -0.39 is 0 Å². The van der Waals surface area contributed by atoms with E-state index in [0.717, 1.165) is 60.2 Å². The molecule has 0 bridgehead atoms. The predicted molar refractivity (Wildman–Crippen MR) is 118 cm³/mol. The fourth-order valence-electron chi connectivity index (χ4n) is 4.59. The molecule has 1 saturated heterocycles. The molecule has 31 heavy (non-hydrogen) atoms. The summed E-state index contributed by atoms with van der Waals surface area (Å²) in [5, 5.41) is 0.957. The van der Waals surface area contributed by atoms with Crippen molar-refractivity contribution < 1.29 is 4.39 Å². The lowest BCUT2D eigenvalue weighted by molar-refractivity contribution is 0.199. The van der Waals surface area contributed by atoms with Crippen LogP contribution in [0.4, 0.5) is 4.39 Å². The van der Waals surface area contributed by atoms with Crippen LogP contribution in [0.2, 0.25) is 0 Å². The van der Waals surface area contributed by atoms with Gasteiger partial charge in [-0.05, 0) is 55.3 Å². The molecule has 3 aromatic heterocycles. The highest BCUT2D eigenvalue weighted by molar-refractivity contribution is 5.84.